The smallest absolute Gasteiger partial charge is 0.0787 e. The minimum absolute atomic E-state index is 0.339. The molecule has 1 heterocycles. The van der Waals surface area contributed by atoms with E-state index in [1.807, 2.05) is 19.1 Å². The van der Waals surface area contributed by atoms with Gasteiger partial charge in [-0.1, -0.05) is 19.1 Å². The van der Waals surface area contributed by atoms with Crippen LogP contribution in [0, 0.1) is 0 Å². The van der Waals surface area contributed by atoms with Gasteiger partial charge in [0.1, 0.15) is 0 Å². The molecule has 1 N–H and O–H groups in total. The van der Waals surface area contributed by atoms with Gasteiger partial charge in [0.2, 0.25) is 0 Å². The normalized spacial score (nSPS) is 21.8. The molecule has 1 unspecified atom stereocenters. The molecule has 0 bridgehead atoms. The fourth-order valence-electron chi connectivity index (χ4n) is 2.30. The second-order valence-corrected chi connectivity index (χ2v) is 4.61. The van der Waals surface area contributed by atoms with Crippen LogP contribution in [0.5, 0.6) is 0 Å². The van der Waals surface area contributed by atoms with E-state index in [1.165, 1.54) is 5.69 Å². The second kappa shape index (κ2) is 5.52. The van der Waals surface area contributed by atoms with Gasteiger partial charge in [0, 0.05) is 25.9 Å². The molecule has 1 aromatic carbocycles. The lowest BCUT2D eigenvalue weighted by molar-refractivity contribution is 0.121. The number of nitrogens with zero attached hydrogens (tertiary/aromatic N) is 1. The van der Waals surface area contributed by atoms with Crippen molar-refractivity contribution in [2.24, 2.45) is 0 Å². The van der Waals surface area contributed by atoms with Gasteiger partial charge in [-0.25, -0.2) is 0 Å². The Bertz CT molecular complexity index is 350. The molecule has 2 rings (SSSR count). The third-order valence-electron chi connectivity index (χ3n) is 3.51. The summed E-state index contributed by atoms with van der Waals surface area (Å²) in [6.45, 7) is 4.00. The van der Waals surface area contributed by atoms with Gasteiger partial charge in [-0.15, -0.1) is 0 Å². The van der Waals surface area contributed by atoms with E-state index in [-0.39, 0.29) is 6.10 Å². The van der Waals surface area contributed by atoms with Crippen LogP contribution in [0.4, 0.5) is 5.69 Å². The fraction of sp³-hybridized carbons (Fsp3) is 0.571. The number of methoxy groups -OCH3 is 1. The SMILES string of the molecule is CC[C@H](O)c1ccc(N2CCC(OC)C2)cc1. The van der Waals surface area contributed by atoms with E-state index in [0.29, 0.717) is 6.10 Å². The first kappa shape index (κ1) is 12.4. The van der Waals surface area contributed by atoms with Crippen LogP contribution in [-0.4, -0.2) is 31.4 Å². The molecule has 0 saturated carbocycles. The highest BCUT2D eigenvalue weighted by Gasteiger charge is 2.22. The molecule has 2 atom stereocenters. The first-order chi connectivity index (χ1) is 8.24. The zero-order chi connectivity index (χ0) is 12.3. The average Bonchev–Trinajstić information content (AvgIpc) is 2.87. The van der Waals surface area contributed by atoms with Crippen LogP contribution < -0.4 is 4.90 Å². The molecule has 0 amide bonds. The van der Waals surface area contributed by atoms with Gasteiger partial charge in [-0.2, -0.15) is 0 Å². The Kier molecular flexibility index (Phi) is 4.02. The molecule has 94 valence electrons. The van der Waals surface area contributed by atoms with Crippen LogP contribution >= 0.6 is 0 Å². The highest BCUT2D eigenvalue weighted by molar-refractivity contribution is 5.49. The van der Waals surface area contributed by atoms with Gasteiger partial charge in [0.25, 0.3) is 0 Å². The largest absolute Gasteiger partial charge is 0.388 e. The third-order valence-corrected chi connectivity index (χ3v) is 3.51. The predicted molar refractivity (Wildman–Crippen MR) is 69.3 cm³/mol. The van der Waals surface area contributed by atoms with Gasteiger partial charge in [0.15, 0.2) is 0 Å². The Labute approximate surface area is 103 Å². The van der Waals surface area contributed by atoms with Crippen LogP contribution in [0.15, 0.2) is 24.3 Å². The maximum atomic E-state index is 9.73. The molecule has 3 heteroatoms. The molecule has 1 aliphatic heterocycles. The Morgan fingerprint density at radius 3 is 2.65 bits per heavy atom. The molecule has 1 aromatic rings. The second-order valence-electron chi connectivity index (χ2n) is 4.61. The van der Waals surface area contributed by atoms with Crippen molar-refractivity contribution in [3.63, 3.8) is 0 Å². The Hall–Kier alpha value is -1.06. The van der Waals surface area contributed by atoms with Crippen LogP contribution in [0.25, 0.3) is 0 Å². The van der Waals surface area contributed by atoms with Crippen molar-refractivity contribution < 1.29 is 9.84 Å². The minimum Gasteiger partial charge on any atom is -0.388 e. The van der Waals surface area contributed by atoms with Gasteiger partial charge in [-0.05, 0) is 30.5 Å². The van der Waals surface area contributed by atoms with Crippen LogP contribution in [0.2, 0.25) is 0 Å². The van der Waals surface area contributed by atoms with Gasteiger partial charge in [-0.3, -0.25) is 0 Å². The van der Waals surface area contributed by atoms with E-state index >= 15 is 0 Å². The summed E-state index contributed by atoms with van der Waals surface area (Å²) in [6, 6.07) is 8.21. The summed E-state index contributed by atoms with van der Waals surface area (Å²) in [7, 11) is 1.77. The highest BCUT2D eigenvalue weighted by Crippen LogP contribution is 2.24. The zero-order valence-corrected chi connectivity index (χ0v) is 10.6. The lowest BCUT2D eigenvalue weighted by Crippen LogP contribution is -2.22. The Morgan fingerprint density at radius 1 is 1.41 bits per heavy atom. The summed E-state index contributed by atoms with van der Waals surface area (Å²) in [5.41, 5.74) is 2.22. The van der Waals surface area contributed by atoms with E-state index in [1.54, 1.807) is 7.11 Å². The number of hydrogen-bond donors (Lipinski definition) is 1. The zero-order valence-electron chi connectivity index (χ0n) is 10.6. The number of aliphatic hydroxyl groups is 1. The summed E-state index contributed by atoms with van der Waals surface area (Å²) < 4.78 is 5.36. The van der Waals surface area contributed by atoms with Crippen LogP contribution in [0.1, 0.15) is 31.4 Å². The molecule has 1 aliphatic rings. The van der Waals surface area contributed by atoms with Crippen molar-refractivity contribution in [1.29, 1.82) is 0 Å². The van der Waals surface area contributed by atoms with Crippen molar-refractivity contribution in [2.45, 2.75) is 32.0 Å². The number of benzene rings is 1. The minimum atomic E-state index is -0.339. The number of rotatable bonds is 4. The van der Waals surface area contributed by atoms with Crippen molar-refractivity contribution in [1.82, 2.24) is 0 Å². The van der Waals surface area contributed by atoms with E-state index in [4.69, 9.17) is 4.74 Å². The average molecular weight is 235 g/mol. The maximum Gasteiger partial charge on any atom is 0.0787 e. The lowest BCUT2D eigenvalue weighted by Gasteiger charge is -2.19. The number of anilines is 1. The quantitative estimate of drug-likeness (QED) is 0.869. The van der Waals surface area contributed by atoms with Crippen LogP contribution in [-0.2, 0) is 4.74 Å². The summed E-state index contributed by atoms with van der Waals surface area (Å²) in [5.74, 6) is 0. The highest BCUT2D eigenvalue weighted by atomic mass is 16.5. The molecule has 0 aliphatic carbocycles. The fourth-order valence-corrected chi connectivity index (χ4v) is 2.30. The van der Waals surface area contributed by atoms with Gasteiger partial charge >= 0.3 is 0 Å². The standard InChI is InChI=1S/C14H21NO2/c1-3-14(16)11-4-6-12(7-5-11)15-9-8-13(10-15)17-2/h4-7,13-14,16H,3,8-10H2,1-2H3/t13?,14-/m0/s1. The molecule has 0 radical (unpaired) electrons. The molecule has 17 heavy (non-hydrogen) atoms. The van der Waals surface area contributed by atoms with Gasteiger partial charge < -0.3 is 14.7 Å². The van der Waals surface area contributed by atoms with Crippen molar-refractivity contribution in [3.05, 3.63) is 29.8 Å². The molecule has 3 nitrogen and oxygen atoms in total. The predicted octanol–water partition coefficient (Wildman–Crippen LogP) is 2.36. The molecular formula is C14H21NO2. The summed E-state index contributed by atoms with van der Waals surface area (Å²) >= 11 is 0. The monoisotopic (exact) mass is 235 g/mol. The molecule has 1 fully saturated rings. The molecular weight excluding hydrogens is 214 g/mol. The maximum absolute atomic E-state index is 9.73. The van der Waals surface area contributed by atoms with E-state index in [9.17, 15) is 5.11 Å². The number of hydrogen-bond acceptors (Lipinski definition) is 3. The number of ether oxygens (including phenoxy) is 1. The molecule has 1 saturated heterocycles. The summed E-state index contributed by atoms with van der Waals surface area (Å²) in [4.78, 5) is 2.33. The third kappa shape index (κ3) is 2.79. The topological polar surface area (TPSA) is 32.7 Å². The van der Waals surface area contributed by atoms with Crippen LogP contribution in [0.3, 0.4) is 0 Å². The summed E-state index contributed by atoms with van der Waals surface area (Å²) in [5, 5.41) is 9.73. The number of aliphatic hydroxyl groups excluding tert-OH is 1. The summed E-state index contributed by atoms with van der Waals surface area (Å²) in [6.07, 6.45) is 1.87. The van der Waals surface area contributed by atoms with Gasteiger partial charge in [0.05, 0.1) is 12.2 Å². The molecule has 0 spiro atoms. The van der Waals surface area contributed by atoms with E-state index in [0.717, 1.165) is 31.5 Å². The Balaban J connectivity index is 2.03. The first-order valence-corrected chi connectivity index (χ1v) is 6.30. The Morgan fingerprint density at radius 2 is 2.12 bits per heavy atom. The lowest BCUT2D eigenvalue weighted by atomic mass is 10.1. The van der Waals surface area contributed by atoms with Crippen molar-refractivity contribution in [3.8, 4) is 0 Å². The van der Waals surface area contributed by atoms with E-state index in [2.05, 4.69) is 17.0 Å². The van der Waals surface area contributed by atoms with Crippen molar-refractivity contribution in [2.75, 3.05) is 25.1 Å². The molecule has 0 aromatic heterocycles. The van der Waals surface area contributed by atoms with Crippen molar-refractivity contribution >= 4 is 5.69 Å². The van der Waals surface area contributed by atoms with E-state index < -0.39 is 0 Å². The first-order valence-electron chi connectivity index (χ1n) is 6.30.